The highest BCUT2D eigenvalue weighted by atomic mass is 32.2. The zero-order valence-corrected chi connectivity index (χ0v) is 21.0. The van der Waals surface area contributed by atoms with E-state index in [0.717, 1.165) is 29.9 Å². The number of anilines is 2. The standard InChI is InChI=1S/C23H21F5N8O2S/c24-16-7-17(25)22(39(37,38)11-23(26,27)28)34-21(16)35-6-3-13(9-35)18(1-4-29)36-10-14(8-33-36)19-15-2-5-30-20(15)32-12-31-19/h7-8,10,12-13,18H,1-3,5-6,9,11H2,(H,30,31,32)/t13-,18-/m0/s1. The maximum Gasteiger partial charge on any atom is 0.403 e. The van der Waals surface area contributed by atoms with E-state index in [0.29, 0.717) is 12.1 Å². The average Bonchev–Trinajstić information content (AvgIpc) is 3.61. The van der Waals surface area contributed by atoms with Crippen LogP contribution in [0.5, 0.6) is 0 Å². The monoisotopic (exact) mass is 568 g/mol. The molecule has 0 aromatic carbocycles. The molecule has 3 aromatic heterocycles. The summed E-state index contributed by atoms with van der Waals surface area (Å²) < 4.78 is 93.0. The zero-order valence-electron chi connectivity index (χ0n) is 20.2. The minimum atomic E-state index is -5.20. The molecule has 2 aliphatic rings. The van der Waals surface area contributed by atoms with E-state index in [-0.39, 0.29) is 31.5 Å². The molecule has 0 unspecified atom stereocenters. The van der Waals surface area contributed by atoms with Crippen LogP contribution in [-0.2, 0) is 16.3 Å². The van der Waals surface area contributed by atoms with Crippen molar-refractivity contribution in [2.45, 2.75) is 36.5 Å². The minimum absolute atomic E-state index is 0.0492. The van der Waals surface area contributed by atoms with Crippen molar-refractivity contribution in [3.05, 3.63) is 42.0 Å². The predicted molar refractivity (Wildman–Crippen MR) is 127 cm³/mol. The lowest BCUT2D eigenvalue weighted by molar-refractivity contribution is -0.106. The average molecular weight is 569 g/mol. The maximum atomic E-state index is 14.7. The van der Waals surface area contributed by atoms with E-state index in [1.165, 1.54) is 11.2 Å². The number of aromatic nitrogens is 5. The summed E-state index contributed by atoms with van der Waals surface area (Å²) in [6, 6.07) is 1.88. The summed E-state index contributed by atoms with van der Waals surface area (Å²) in [5.74, 6) is -5.33. The van der Waals surface area contributed by atoms with E-state index in [4.69, 9.17) is 0 Å². The Hall–Kier alpha value is -3.87. The third-order valence-corrected chi connectivity index (χ3v) is 8.31. The van der Waals surface area contributed by atoms with Crippen LogP contribution in [0, 0.1) is 28.9 Å². The van der Waals surface area contributed by atoms with Gasteiger partial charge in [0.25, 0.3) is 0 Å². The molecule has 0 amide bonds. The van der Waals surface area contributed by atoms with Crippen LogP contribution >= 0.6 is 0 Å². The Morgan fingerprint density at radius 3 is 2.77 bits per heavy atom. The van der Waals surface area contributed by atoms with Gasteiger partial charge in [0.2, 0.25) is 9.84 Å². The molecular weight excluding hydrogens is 547 g/mol. The van der Waals surface area contributed by atoms with Crippen molar-refractivity contribution in [2.75, 3.05) is 35.6 Å². The van der Waals surface area contributed by atoms with E-state index >= 15 is 0 Å². The molecule has 0 saturated carbocycles. The molecule has 2 aliphatic heterocycles. The SMILES string of the molecule is N#CC[C@@H]([C@H]1CCN(c2nc(S(=O)(=O)CC(F)(F)F)c(F)cc2F)C1)n1cc(-c2ncnc3c2CCN3)cn1. The van der Waals surface area contributed by atoms with Crippen molar-refractivity contribution in [1.29, 1.82) is 5.26 Å². The number of pyridine rings is 1. The molecule has 5 heterocycles. The fourth-order valence-corrected chi connectivity index (χ4v) is 6.17. The second kappa shape index (κ2) is 10.0. The molecule has 10 nitrogen and oxygen atoms in total. The lowest BCUT2D eigenvalue weighted by atomic mass is 9.96. The second-order valence-corrected chi connectivity index (χ2v) is 11.2. The quantitative estimate of drug-likeness (QED) is 0.427. The molecular formula is C23H21F5N8O2S. The Bertz CT molecular complexity index is 1550. The molecule has 1 saturated heterocycles. The highest BCUT2D eigenvalue weighted by molar-refractivity contribution is 7.91. The van der Waals surface area contributed by atoms with E-state index in [1.807, 2.05) is 0 Å². The number of sulfone groups is 1. The number of nitrogens with one attached hydrogen (secondary N) is 1. The van der Waals surface area contributed by atoms with Crippen molar-refractivity contribution in [3.63, 3.8) is 0 Å². The number of halogens is 5. The molecule has 0 bridgehead atoms. The summed E-state index contributed by atoms with van der Waals surface area (Å²) in [4.78, 5) is 13.4. The van der Waals surface area contributed by atoms with Gasteiger partial charge in [-0.3, -0.25) is 4.68 Å². The van der Waals surface area contributed by atoms with Crippen LogP contribution in [0.4, 0.5) is 33.6 Å². The van der Waals surface area contributed by atoms with Gasteiger partial charge in [0, 0.05) is 48.9 Å². The number of fused-ring (bicyclic) bond motifs is 1. The first kappa shape index (κ1) is 26.7. The molecule has 5 rings (SSSR count). The first-order chi connectivity index (χ1) is 18.5. The van der Waals surface area contributed by atoms with Gasteiger partial charge >= 0.3 is 6.18 Å². The Labute approximate surface area is 219 Å². The van der Waals surface area contributed by atoms with Crippen molar-refractivity contribution >= 4 is 21.5 Å². The highest BCUT2D eigenvalue weighted by Crippen LogP contribution is 2.36. The molecule has 1 fully saturated rings. The fourth-order valence-electron chi connectivity index (χ4n) is 5.03. The predicted octanol–water partition coefficient (Wildman–Crippen LogP) is 3.30. The molecule has 16 heteroatoms. The van der Waals surface area contributed by atoms with Gasteiger partial charge in [-0.2, -0.15) is 23.5 Å². The number of hydrogen-bond donors (Lipinski definition) is 1. The number of rotatable bonds is 7. The van der Waals surface area contributed by atoms with Crippen LogP contribution in [0.3, 0.4) is 0 Å². The van der Waals surface area contributed by atoms with Crippen LogP contribution in [0.1, 0.15) is 24.4 Å². The first-order valence-electron chi connectivity index (χ1n) is 11.9. The van der Waals surface area contributed by atoms with Crippen LogP contribution < -0.4 is 10.2 Å². The van der Waals surface area contributed by atoms with Gasteiger partial charge < -0.3 is 10.2 Å². The van der Waals surface area contributed by atoms with Crippen LogP contribution in [-0.4, -0.2) is 64.7 Å². The topological polar surface area (TPSA) is 130 Å². The number of hydrogen-bond acceptors (Lipinski definition) is 9. The molecule has 39 heavy (non-hydrogen) atoms. The van der Waals surface area contributed by atoms with E-state index in [1.54, 1.807) is 17.1 Å². The van der Waals surface area contributed by atoms with Crippen LogP contribution in [0.15, 0.2) is 29.8 Å². The summed E-state index contributed by atoms with van der Waals surface area (Å²) in [5, 5.41) is 15.6. The van der Waals surface area contributed by atoms with Crippen molar-refractivity contribution in [3.8, 4) is 17.3 Å². The fraction of sp³-hybridized carbons (Fsp3) is 0.435. The smallest absolute Gasteiger partial charge is 0.369 e. The van der Waals surface area contributed by atoms with Gasteiger partial charge in [0.1, 0.15) is 12.1 Å². The summed E-state index contributed by atoms with van der Waals surface area (Å²) in [5.41, 5.74) is 2.39. The maximum absolute atomic E-state index is 14.7. The molecule has 3 aromatic rings. The third kappa shape index (κ3) is 5.35. The summed E-state index contributed by atoms with van der Waals surface area (Å²) in [7, 11) is -5.20. The van der Waals surface area contributed by atoms with Crippen molar-refractivity contribution in [2.24, 2.45) is 5.92 Å². The Morgan fingerprint density at radius 2 is 2.03 bits per heavy atom. The van der Waals surface area contributed by atoms with Gasteiger partial charge in [-0.15, -0.1) is 0 Å². The van der Waals surface area contributed by atoms with Crippen LogP contribution in [0.2, 0.25) is 0 Å². The number of nitrogens with zero attached hydrogens (tertiary/aromatic N) is 7. The van der Waals surface area contributed by atoms with Gasteiger partial charge in [-0.25, -0.2) is 32.2 Å². The molecule has 206 valence electrons. The van der Waals surface area contributed by atoms with Gasteiger partial charge in [0.15, 0.2) is 28.2 Å². The second-order valence-electron chi connectivity index (χ2n) is 9.31. The Morgan fingerprint density at radius 1 is 1.23 bits per heavy atom. The highest BCUT2D eigenvalue weighted by Gasteiger charge is 2.40. The number of alkyl halides is 3. The minimum Gasteiger partial charge on any atom is -0.369 e. The lowest BCUT2D eigenvalue weighted by Gasteiger charge is -2.23. The molecule has 0 radical (unpaired) electrons. The molecule has 1 N–H and O–H groups in total. The first-order valence-corrected chi connectivity index (χ1v) is 13.5. The molecule has 0 aliphatic carbocycles. The third-order valence-electron chi connectivity index (χ3n) is 6.72. The van der Waals surface area contributed by atoms with E-state index < -0.39 is 50.3 Å². The Kier molecular flexibility index (Phi) is 6.87. The van der Waals surface area contributed by atoms with Crippen molar-refractivity contribution in [1.82, 2.24) is 24.7 Å². The van der Waals surface area contributed by atoms with Crippen LogP contribution in [0.25, 0.3) is 11.3 Å². The molecule has 0 spiro atoms. The lowest BCUT2D eigenvalue weighted by Crippen LogP contribution is -2.28. The van der Waals surface area contributed by atoms with Gasteiger partial charge in [0.05, 0.1) is 30.4 Å². The normalized spacial score (nSPS) is 18.1. The zero-order chi connectivity index (χ0) is 27.9. The largest absolute Gasteiger partial charge is 0.403 e. The summed E-state index contributed by atoms with van der Waals surface area (Å²) in [6.07, 6.45) is 0.896. The van der Waals surface area contributed by atoms with E-state index in [9.17, 15) is 35.6 Å². The van der Waals surface area contributed by atoms with E-state index in [2.05, 4.69) is 31.4 Å². The summed E-state index contributed by atoms with van der Waals surface area (Å²) in [6.45, 7) is 0.972. The Balaban J connectivity index is 1.40. The van der Waals surface area contributed by atoms with Gasteiger partial charge in [-0.05, 0) is 12.8 Å². The van der Waals surface area contributed by atoms with Crippen molar-refractivity contribution < 1.29 is 30.4 Å². The van der Waals surface area contributed by atoms with Gasteiger partial charge in [-0.1, -0.05) is 0 Å². The number of nitriles is 1. The molecule has 2 atom stereocenters. The summed E-state index contributed by atoms with van der Waals surface area (Å²) >= 11 is 0.